The van der Waals surface area contributed by atoms with E-state index in [9.17, 15) is 19.1 Å². The van der Waals surface area contributed by atoms with Crippen molar-refractivity contribution in [3.63, 3.8) is 0 Å². The summed E-state index contributed by atoms with van der Waals surface area (Å²) >= 11 is 0. The van der Waals surface area contributed by atoms with Gasteiger partial charge in [0.15, 0.2) is 0 Å². The number of aromatic nitrogens is 1. The third kappa shape index (κ3) is 2.20. The van der Waals surface area contributed by atoms with Gasteiger partial charge in [-0.2, -0.15) is 0 Å². The first-order valence-corrected chi connectivity index (χ1v) is 7.36. The Balaban J connectivity index is 2.47. The molecule has 0 spiro atoms. The standard InChI is InChI=1S/C16H17FN2O3/c1-2-19-8-12(16(21)22)15(20)10-6-13(17)11-7-18-5-3-4-9(11)14(10)19/h6,8,18H,2-5,7H2,1H3,(H,21,22). The first-order chi connectivity index (χ1) is 10.5. The summed E-state index contributed by atoms with van der Waals surface area (Å²) in [5.74, 6) is -1.73. The van der Waals surface area contributed by atoms with Crippen LogP contribution in [-0.2, 0) is 19.5 Å². The lowest BCUT2D eigenvalue weighted by Crippen LogP contribution is -2.20. The molecule has 0 fully saturated rings. The zero-order chi connectivity index (χ0) is 15.9. The topological polar surface area (TPSA) is 71.3 Å². The largest absolute Gasteiger partial charge is 0.477 e. The van der Waals surface area contributed by atoms with Crippen LogP contribution in [0, 0.1) is 5.82 Å². The molecule has 5 nitrogen and oxygen atoms in total. The Bertz CT molecular complexity index is 826. The number of hydrogen-bond donors (Lipinski definition) is 2. The van der Waals surface area contributed by atoms with Crippen molar-refractivity contribution in [1.82, 2.24) is 9.88 Å². The van der Waals surface area contributed by atoms with E-state index in [1.165, 1.54) is 12.3 Å². The molecule has 3 rings (SSSR count). The van der Waals surface area contributed by atoms with Crippen molar-refractivity contribution in [3.8, 4) is 0 Å². The van der Waals surface area contributed by atoms with E-state index in [0.29, 0.717) is 30.6 Å². The number of carboxylic acid groups (broad SMARTS) is 1. The molecule has 1 aromatic heterocycles. The van der Waals surface area contributed by atoms with E-state index in [1.54, 1.807) is 4.57 Å². The highest BCUT2D eigenvalue weighted by Crippen LogP contribution is 2.27. The normalized spacial score (nSPS) is 14.6. The Morgan fingerprint density at radius 3 is 2.91 bits per heavy atom. The molecule has 0 bridgehead atoms. The Hall–Kier alpha value is -2.21. The second-order valence-electron chi connectivity index (χ2n) is 5.46. The number of nitrogens with one attached hydrogen (secondary N) is 1. The zero-order valence-corrected chi connectivity index (χ0v) is 12.3. The van der Waals surface area contributed by atoms with Crippen molar-refractivity contribution in [1.29, 1.82) is 0 Å². The van der Waals surface area contributed by atoms with E-state index in [-0.39, 0.29) is 10.9 Å². The van der Waals surface area contributed by atoms with Crippen LogP contribution in [0.15, 0.2) is 17.1 Å². The maximum atomic E-state index is 14.4. The summed E-state index contributed by atoms with van der Waals surface area (Å²) in [6, 6.07) is 1.18. The lowest BCUT2D eigenvalue weighted by atomic mass is 9.97. The monoisotopic (exact) mass is 304 g/mol. The van der Waals surface area contributed by atoms with Gasteiger partial charge in [0.2, 0.25) is 5.43 Å². The molecular weight excluding hydrogens is 287 g/mol. The van der Waals surface area contributed by atoms with Crippen LogP contribution >= 0.6 is 0 Å². The van der Waals surface area contributed by atoms with Crippen LogP contribution in [0.5, 0.6) is 0 Å². The van der Waals surface area contributed by atoms with Gasteiger partial charge in [0, 0.05) is 30.2 Å². The number of aryl methyl sites for hydroxylation is 2. The summed E-state index contributed by atoms with van der Waals surface area (Å²) in [6.07, 6.45) is 2.89. The summed E-state index contributed by atoms with van der Waals surface area (Å²) in [6.45, 7) is 3.61. The van der Waals surface area contributed by atoms with Gasteiger partial charge in [-0.1, -0.05) is 0 Å². The fourth-order valence-electron chi connectivity index (χ4n) is 3.12. The van der Waals surface area contributed by atoms with E-state index in [4.69, 9.17) is 0 Å². The van der Waals surface area contributed by atoms with Gasteiger partial charge < -0.3 is 15.0 Å². The number of rotatable bonds is 2. The molecule has 1 aromatic carbocycles. The maximum absolute atomic E-state index is 14.4. The highest BCUT2D eigenvalue weighted by atomic mass is 19.1. The number of halogens is 1. The molecule has 0 aliphatic carbocycles. The van der Waals surface area contributed by atoms with Crippen molar-refractivity contribution in [2.75, 3.05) is 6.54 Å². The van der Waals surface area contributed by atoms with E-state index < -0.39 is 17.2 Å². The van der Waals surface area contributed by atoms with Crippen molar-refractivity contribution >= 4 is 16.9 Å². The Kier molecular flexibility index (Phi) is 3.70. The highest BCUT2D eigenvalue weighted by molar-refractivity contribution is 5.93. The second-order valence-corrected chi connectivity index (χ2v) is 5.46. The molecule has 2 N–H and O–H groups in total. The van der Waals surface area contributed by atoms with Gasteiger partial charge >= 0.3 is 5.97 Å². The molecule has 6 heteroatoms. The third-order valence-corrected chi connectivity index (χ3v) is 4.18. The van der Waals surface area contributed by atoms with Crippen LogP contribution < -0.4 is 10.7 Å². The summed E-state index contributed by atoms with van der Waals surface area (Å²) < 4.78 is 16.1. The fourth-order valence-corrected chi connectivity index (χ4v) is 3.12. The number of hydrogen-bond acceptors (Lipinski definition) is 3. The Morgan fingerprint density at radius 1 is 1.45 bits per heavy atom. The SMILES string of the molecule is CCn1cc(C(=O)O)c(=O)c2cc(F)c3c(c21)CCCNC3. The van der Waals surface area contributed by atoms with Crippen LogP contribution in [0.4, 0.5) is 4.39 Å². The Labute approximate surface area is 126 Å². The number of aromatic carboxylic acids is 1. The molecule has 0 radical (unpaired) electrons. The minimum atomic E-state index is -1.29. The molecule has 1 aliphatic heterocycles. The molecular formula is C16H17FN2O3. The second kappa shape index (κ2) is 5.53. The van der Waals surface area contributed by atoms with Crippen LogP contribution in [-0.4, -0.2) is 22.2 Å². The lowest BCUT2D eigenvalue weighted by Gasteiger charge is -2.17. The average Bonchev–Trinajstić information content (AvgIpc) is 2.74. The summed E-state index contributed by atoms with van der Waals surface area (Å²) in [4.78, 5) is 23.6. The molecule has 0 atom stereocenters. The highest BCUT2D eigenvalue weighted by Gasteiger charge is 2.22. The minimum Gasteiger partial charge on any atom is -0.477 e. The van der Waals surface area contributed by atoms with Gasteiger partial charge in [-0.3, -0.25) is 4.79 Å². The molecule has 0 saturated carbocycles. The molecule has 2 aromatic rings. The predicted octanol–water partition coefficient (Wildman–Crippen LogP) is 1.89. The van der Waals surface area contributed by atoms with Crippen LogP contribution in [0.25, 0.3) is 10.9 Å². The minimum absolute atomic E-state index is 0.153. The van der Waals surface area contributed by atoms with Crippen molar-refractivity contribution in [2.45, 2.75) is 32.9 Å². The first-order valence-electron chi connectivity index (χ1n) is 7.36. The van der Waals surface area contributed by atoms with Crippen LogP contribution in [0.1, 0.15) is 34.8 Å². The number of benzene rings is 1. The summed E-state index contributed by atoms with van der Waals surface area (Å²) in [5.41, 5.74) is 1.12. The zero-order valence-electron chi connectivity index (χ0n) is 12.3. The van der Waals surface area contributed by atoms with E-state index in [0.717, 1.165) is 18.5 Å². The molecule has 0 amide bonds. The summed E-state index contributed by atoms with van der Waals surface area (Å²) in [5, 5.41) is 12.5. The number of fused-ring (bicyclic) bond motifs is 3. The third-order valence-electron chi connectivity index (χ3n) is 4.18. The van der Waals surface area contributed by atoms with Gasteiger partial charge in [0.1, 0.15) is 11.4 Å². The van der Waals surface area contributed by atoms with Crippen LogP contribution in [0.3, 0.4) is 0 Å². The lowest BCUT2D eigenvalue weighted by molar-refractivity contribution is 0.0695. The average molecular weight is 304 g/mol. The molecule has 1 aliphatic rings. The molecule has 22 heavy (non-hydrogen) atoms. The van der Waals surface area contributed by atoms with Gasteiger partial charge in [-0.15, -0.1) is 0 Å². The van der Waals surface area contributed by atoms with Crippen molar-refractivity contribution in [3.05, 3.63) is 45.0 Å². The number of pyridine rings is 1. The number of nitrogens with zero attached hydrogens (tertiary/aromatic N) is 1. The summed E-state index contributed by atoms with van der Waals surface area (Å²) in [7, 11) is 0. The van der Waals surface area contributed by atoms with Gasteiger partial charge in [-0.25, -0.2) is 9.18 Å². The predicted molar refractivity (Wildman–Crippen MR) is 80.8 cm³/mol. The van der Waals surface area contributed by atoms with Crippen molar-refractivity contribution in [2.24, 2.45) is 0 Å². The molecule has 116 valence electrons. The molecule has 0 saturated heterocycles. The Morgan fingerprint density at radius 2 is 2.23 bits per heavy atom. The van der Waals surface area contributed by atoms with Crippen molar-refractivity contribution < 1.29 is 14.3 Å². The van der Waals surface area contributed by atoms with E-state index >= 15 is 0 Å². The molecule has 0 unspecified atom stereocenters. The van der Waals surface area contributed by atoms with E-state index in [2.05, 4.69) is 5.32 Å². The van der Waals surface area contributed by atoms with E-state index in [1.807, 2.05) is 6.92 Å². The quantitative estimate of drug-likeness (QED) is 0.889. The number of carboxylic acids is 1. The number of carbonyl (C=O) groups is 1. The van der Waals surface area contributed by atoms with Gasteiger partial charge in [0.05, 0.1) is 5.52 Å². The fraction of sp³-hybridized carbons (Fsp3) is 0.375. The maximum Gasteiger partial charge on any atom is 0.341 e. The van der Waals surface area contributed by atoms with Gasteiger partial charge in [0.25, 0.3) is 0 Å². The smallest absolute Gasteiger partial charge is 0.341 e. The molecule has 2 heterocycles. The van der Waals surface area contributed by atoms with Crippen LogP contribution in [0.2, 0.25) is 0 Å². The van der Waals surface area contributed by atoms with Gasteiger partial charge in [-0.05, 0) is 37.9 Å². The first kappa shape index (κ1) is 14.7.